The Bertz CT molecular complexity index is 535. The lowest BCUT2D eigenvalue weighted by Gasteiger charge is -2.23. The first kappa shape index (κ1) is 14.5. The normalized spacial score (nSPS) is 19.6. The van der Waals surface area contributed by atoms with Crippen LogP contribution < -0.4 is 5.32 Å². The average molecular weight is 288 g/mol. The number of hydrogen-bond acceptors (Lipinski definition) is 4. The van der Waals surface area contributed by atoms with Crippen molar-refractivity contribution in [2.24, 2.45) is 0 Å². The molecule has 1 unspecified atom stereocenters. The van der Waals surface area contributed by atoms with Crippen molar-refractivity contribution >= 4 is 5.65 Å². The minimum Gasteiger partial charge on any atom is -0.383 e. The van der Waals surface area contributed by atoms with Gasteiger partial charge in [-0.05, 0) is 31.5 Å². The third kappa shape index (κ3) is 3.61. The number of ether oxygens (including phenoxy) is 1. The van der Waals surface area contributed by atoms with Gasteiger partial charge in [0.2, 0.25) is 0 Å². The van der Waals surface area contributed by atoms with Gasteiger partial charge in [0.1, 0.15) is 5.65 Å². The van der Waals surface area contributed by atoms with Gasteiger partial charge < -0.3 is 14.5 Å². The van der Waals surface area contributed by atoms with Gasteiger partial charge in [-0.15, -0.1) is 0 Å². The lowest BCUT2D eigenvalue weighted by Crippen LogP contribution is -2.38. The maximum absolute atomic E-state index is 5.07. The summed E-state index contributed by atoms with van der Waals surface area (Å²) < 4.78 is 7.17. The molecule has 114 valence electrons. The summed E-state index contributed by atoms with van der Waals surface area (Å²) in [7, 11) is 1.74. The highest BCUT2D eigenvalue weighted by Crippen LogP contribution is 2.19. The summed E-state index contributed by atoms with van der Waals surface area (Å²) in [6.45, 7) is 4.86. The maximum Gasteiger partial charge on any atom is 0.137 e. The van der Waals surface area contributed by atoms with E-state index in [0.29, 0.717) is 6.04 Å². The Kier molecular flexibility index (Phi) is 4.85. The molecule has 0 spiro atoms. The van der Waals surface area contributed by atoms with Crippen LogP contribution >= 0.6 is 0 Å². The molecule has 0 aliphatic carbocycles. The van der Waals surface area contributed by atoms with E-state index in [1.54, 1.807) is 7.11 Å². The lowest BCUT2D eigenvalue weighted by molar-refractivity contribution is 0.190. The smallest absolute Gasteiger partial charge is 0.137 e. The fourth-order valence-corrected chi connectivity index (χ4v) is 3.05. The van der Waals surface area contributed by atoms with Crippen molar-refractivity contribution in [3.8, 4) is 0 Å². The number of nitrogens with zero attached hydrogens (tertiary/aromatic N) is 3. The molecule has 0 aromatic carbocycles. The van der Waals surface area contributed by atoms with Crippen molar-refractivity contribution < 1.29 is 4.74 Å². The first-order valence-corrected chi connectivity index (χ1v) is 7.73. The largest absolute Gasteiger partial charge is 0.383 e. The van der Waals surface area contributed by atoms with Crippen LogP contribution in [0, 0.1) is 0 Å². The molecule has 5 heteroatoms. The third-order valence-electron chi connectivity index (χ3n) is 4.14. The molecule has 2 aromatic rings. The molecule has 1 atom stereocenters. The van der Waals surface area contributed by atoms with Crippen molar-refractivity contribution in [3.05, 3.63) is 36.3 Å². The average Bonchev–Trinajstić information content (AvgIpc) is 3.10. The molecule has 1 aliphatic heterocycles. The van der Waals surface area contributed by atoms with Crippen LogP contribution in [0.1, 0.15) is 18.5 Å². The predicted octanol–water partition coefficient (Wildman–Crippen LogP) is 1.53. The zero-order valence-electron chi connectivity index (χ0n) is 12.7. The molecule has 21 heavy (non-hydrogen) atoms. The highest BCUT2D eigenvalue weighted by molar-refractivity contribution is 5.39. The zero-order valence-corrected chi connectivity index (χ0v) is 12.7. The summed E-state index contributed by atoms with van der Waals surface area (Å²) in [5.41, 5.74) is 2.19. The van der Waals surface area contributed by atoms with E-state index in [4.69, 9.17) is 9.72 Å². The molecule has 0 radical (unpaired) electrons. The predicted molar refractivity (Wildman–Crippen MR) is 83.4 cm³/mol. The molecule has 1 aliphatic rings. The molecule has 1 fully saturated rings. The second kappa shape index (κ2) is 7.02. The summed E-state index contributed by atoms with van der Waals surface area (Å²) in [4.78, 5) is 7.24. The van der Waals surface area contributed by atoms with Crippen LogP contribution in [0.4, 0.5) is 0 Å². The van der Waals surface area contributed by atoms with Crippen LogP contribution in [0.25, 0.3) is 5.65 Å². The molecular weight excluding hydrogens is 264 g/mol. The molecular formula is C16H24N4O. The summed E-state index contributed by atoms with van der Waals surface area (Å²) in [5.74, 6) is 0. The number of imidazole rings is 1. The van der Waals surface area contributed by atoms with Crippen molar-refractivity contribution in [2.75, 3.05) is 33.4 Å². The number of aromatic nitrogens is 2. The summed E-state index contributed by atoms with van der Waals surface area (Å²) in [5, 5.41) is 3.48. The molecule has 3 heterocycles. The van der Waals surface area contributed by atoms with Crippen LogP contribution in [0.5, 0.6) is 0 Å². The molecule has 0 saturated carbocycles. The highest BCUT2D eigenvalue weighted by atomic mass is 16.5. The van der Waals surface area contributed by atoms with Gasteiger partial charge >= 0.3 is 0 Å². The maximum atomic E-state index is 5.07. The molecule has 1 N–H and O–H groups in total. The summed E-state index contributed by atoms with van der Waals surface area (Å²) in [6, 6.07) is 6.74. The number of hydrogen-bond donors (Lipinski definition) is 1. The van der Waals surface area contributed by atoms with E-state index in [1.165, 1.54) is 19.4 Å². The minimum atomic E-state index is 0.617. The number of methoxy groups -OCH3 is 1. The van der Waals surface area contributed by atoms with E-state index < -0.39 is 0 Å². The van der Waals surface area contributed by atoms with Crippen LogP contribution in [0.3, 0.4) is 0 Å². The van der Waals surface area contributed by atoms with Gasteiger partial charge in [-0.3, -0.25) is 4.90 Å². The van der Waals surface area contributed by atoms with Gasteiger partial charge in [0, 0.05) is 45.2 Å². The second-order valence-corrected chi connectivity index (χ2v) is 5.66. The molecule has 1 saturated heterocycles. The minimum absolute atomic E-state index is 0.617. The van der Waals surface area contributed by atoms with Crippen molar-refractivity contribution in [1.82, 2.24) is 19.6 Å². The number of pyridine rings is 1. The Morgan fingerprint density at radius 1 is 1.43 bits per heavy atom. The van der Waals surface area contributed by atoms with E-state index in [-0.39, 0.29) is 0 Å². The van der Waals surface area contributed by atoms with Crippen LogP contribution in [-0.4, -0.2) is 53.7 Å². The van der Waals surface area contributed by atoms with E-state index >= 15 is 0 Å². The third-order valence-corrected chi connectivity index (χ3v) is 4.14. The number of rotatable bonds is 7. The van der Waals surface area contributed by atoms with Gasteiger partial charge in [0.05, 0.1) is 12.3 Å². The van der Waals surface area contributed by atoms with Crippen LogP contribution in [0.15, 0.2) is 30.6 Å². The fraction of sp³-hybridized carbons (Fsp3) is 0.562. The first-order chi connectivity index (χ1) is 10.4. The van der Waals surface area contributed by atoms with Gasteiger partial charge in [-0.2, -0.15) is 0 Å². The molecule has 3 rings (SSSR count). The summed E-state index contributed by atoms with van der Waals surface area (Å²) in [6.07, 6.45) is 6.75. The number of likely N-dealkylation sites (tertiary alicyclic amines) is 1. The van der Waals surface area contributed by atoms with Crippen LogP contribution in [-0.2, 0) is 11.3 Å². The van der Waals surface area contributed by atoms with E-state index in [9.17, 15) is 0 Å². The molecule has 2 aromatic heterocycles. The second-order valence-electron chi connectivity index (χ2n) is 5.66. The number of fused-ring (bicyclic) bond motifs is 1. The molecule has 0 bridgehead atoms. The first-order valence-electron chi connectivity index (χ1n) is 7.73. The van der Waals surface area contributed by atoms with E-state index in [2.05, 4.69) is 33.1 Å². The SMILES string of the molecule is COCCNCC1CCCN1Cc1cn2ccccc2n1. The Morgan fingerprint density at radius 3 is 3.24 bits per heavy atom. The Labute approximate surface area is 125 Å². The Balaban J connectivity index is 1.57. The van der Waals surface area contributed by atoms with Gasteiger partial charge in [0.25, 0.3) is 0 Å². The summed E-state index contributed by atoms with van der Waals surface area (Å²) >= 11 is 0. The Morgan fingerprint density at radius 2 is 2.38 bits per heavy atom. The Hall–Kier alpha value is -1.43. The highest BCUT2D eigenvalue weighted by Gasteiger charge is 2.24. The van der Waals surface area contributed by atoms with Crippen molar-refractivity contribution in [3.63, 3.8) is 0 Å². The standard InChI is InChI=1S/C16H24N4O/c1-21-10-7-17-11-15-5-4-9-19(15)12-14-13-20-8-3-2-6-16(20)18-14/h2-3,6,8,13,15,17H,4-5,7,9-12H2,1H3. The monoisotopic (exact) mass is 288 g/mol. The van der Waals surface area contributed by atoms with Gasteiger partial charge in [-0.25, -0.2) is 4.98 Å². The quantitative estimate of drug-likeness (QED) is 0.785. The fourth-order valence-electron chi connectivity index (χ4n) is 3.05. The van der Waals surface area contributed by atoms with Gasteiger partial charge in [0.15, 0.2) is 0 Å². The van der Waals surface area contributed by atoms with Gasteiger partial charge in [-0.1, -0.05) is 6.07 Å². The molecule has 5 nitrogen and oxygen atoms in total. The number of nitrogens with one attached hydrogen (secondary N) is 1. The van der Waals surface area contributed by atoms with Crippen molar-refractivity contribution in [1.29, 1.82) is 0 Å². The lowest BCUT2D eigenvalue weighted by atomic mass is 10.2. The van der Waals surface area contributed by atoms with E-state index in [0.717, 1.165) is 37.6 Å². The van der Waals surface area contributed by atoms with E-state index in [1.807, 2.05) is 12.1 Å². The molecule has 0 amide bonds. The van der Waals surface area contributed by atoms with Crippen LogP contribution in [0.2, 0.25) is 0 Å². The van der Waals surface area contributed by atoms with Crippen molar-refractivity contribution in [2.45, 2.75) is 25.4 Å². The zero-order chi connectivity index (χ0) is 14.5. The topological polar surface area (TPSA) is 41.8 Å².